The van der Waals surface area contributed by atoms with Crippen molar-refractivity contribution in [1.82, 2.24) is 9.80 Å². The second kappa shape index (κ2) is 9.75. The third kappa shape index (κ3) is 5.59. The first-order valence-corrected chi connectivity index (χ1v) is 10.7. The lowest BCUT2D eigenvalue weighted by atomic mass is 10.1. The number of benzene rings is 2. The van der Waals surface area contributed by atoms with E-state index in [1.165, 1.54) is 11.1 Å². The molecule has 2 aromatic carbocycles. The number of thioether (sulfide) groups is 1. The molecule has 0 unspecified atom stereocenters. The van der Waals surface area contributed by atoms with Crippen molar-refractivity contribution in [2.45, 2.75) is 13.5 Å². The molecule has 3 rings (SSSR count). The summed E-state index contributed by atoms with van der Waals surface area (Å²) in [5.41, 5.74) is 3.71. The molecule has 5 nitrogen and oxygen atoms in total. The monoisotopic (exact) mass is 397 g/mol. The van der Waals surface area contributed by atoms with Crippen LogP contribution in [0.15, 0.2) is 48.5 Å². The van der Waals surface area contributed by atoms with Gasteiger partial charge >= 0.3 is 0 Å². The number of rotatable bonds is 6. The van der Waals surface area contributed by atoms with Crippen molar-refractivity contribution < 1.29 is 9.59 Å². The van der Waals surface area contributed by atoms with Crippen molar-refractivity contribution in [3.8, 4) is 0 Å². The first-order valence-electron chi connectivity index (χ1n) is 9.53. The third-order valence-electron chi connectivity index (χ3n) is 4.81. The van der Waals surface area contributed by atoms with Crippen LogP contribution in [-0.4, -0.2) is 59.8 Å². The van der Waals surface area contributed by atoms with Gasteiger partial charge in [-0.25, -0.2) is 0 Å². The fourth-order valence-electron chi connectivity index (χ4n) is 3.26. The van der Waals surface area contributed by atoms with Crippen LogP contribution in [-0.2, 0) is 11.3 Å². The predicted molar refractivity (Wildman–Crippen MR) is 116 cm³/mol. The second-order valence-corrected chi connectivity index (χ2v) is 8.36. The van der Waals surface area contributed by atoms with Gasteiger partial charge in [0.05, 0.1) is 6.54 Å². The highest BCUT2D eigenvalue weighted by Crippen LogP contribution is 2.16. The van der Waals surface area contributed by atoms with Crippen LogP contribution >= 0.6 is 11.8 Å². The van der Waals surface area contributed by atoms with Crippen molar-refractivity contribution >= 4 is 29.3 Å². The lowest BCUT2D eigenvalue weighted by molar-refractivity contribution is -0.117. The fourth-order valence-corrected chi connectivity index (χ4v) is 4.16. The van der Waals surface area contributed by atoms with E-state index in [0.29, 0.717) is 17.8 Å². The van der Waals surface area contributed by atoms with Gasteiger partial charge in [-0.15, -0.1) is 0 Å². The Hall–Kier alpha value is -2.31. The summed E-state index contributed by atoms with van der Waals surface area (Å²) in [4.78, 5) is 28.9. The van der Waals surface area contributed by atoms with Crippen LogP contribution in [0.3, 0.4) is 0 Å². The molecule has 2 aromatic rings. The minimum atomic E-state index is -0.0879. The molecular formula is C22H27N3O2S. The molecule has 28 heavy (non-hydrogen) atoms. The smallest absolute Gasteiger partial charge is 0.253 e. The molecule has 1 aliphatic rings. The molecule has 0 bridgehead atoms. The largest absolute Gasteiger partial charge is 0.337 e. The number of carbonyl (C=O) groups is 2. The number of hydrogen-bond donors (Lipinski definition) is 1. The van der Waals surface area contributed by atoms with Gasteiger partial charge in [0.2, 0.25) is 5.91 Å². The summed E-state index contributed by atoms with van der Waals surface area (Å²) >= 11 is 1.87. The average Bonchev–Trinajstić information content (AvgIpc) is 2.70. The Morgan fingerprint density at radius 1 is 1.11 bits per heavy atom. The zero-order valence-corrected chi connectivity index (χ0v) is 17.3. The average molecular weight is 398 g/mol. The van der Waals surface area contributed by atoms with Crippen molar-refractivity contribution in [3.63, 3.8) is 0 Å². The number of amides is 2. The van der Waals surface area contributed by atoms with Crippen LogP contribution in [0.5, 0.6) is 0 Å². The number of hydrogen-bond acceptors (Lipinski definition) is 4. The Morgan fingerprint density at radius 2 is 1.86 bits per heavy atom. The topological polar surface area (TPSA) is 52.7 Å². The van der Waals surface area contributed by atoms with Gasteiger partial charge in [0, 0.05) is 42.4 Å². The minimum absolute atomic E-state index is 0.0352. The highest BCUT2D eigenvalue weighted by molar-refractivity contribution is 7.99. The van der Waals surface area contributed by atoms with Crippen molar-refractivity contribution in [3.05, 3.63) is 65.2 Å². The quantitative estimate of drug-likeness (QED) is 0.813. The molecule has 0 aliphatic carbocycles. The van der Waals surface area contributed by atoms with Gasteiger partial charge in [0.1, 0.15) is 0 Å². The highest BCUT2D eigenvalue weighted by Gasteiger charge is 2.18. The Labute approximate surface area is 171 Å². The molecule has 1 heterocycles. The molecule has 148 valence electrons. The van der Waals surface area contributed by atoms with Gasteiger partial charge in [0.15, 0.2) is 0 Å². The standard InChI is InChI=1S/C22H27N3O2S/c1-17-6-3-4-7-19(17)15-24(2)16-21(26)23-20-9-5-8-18(14-20)22(27)25-10-12-28-13-11-25/h3-9,14H,10-13,15-16H2,1-2H3,(H,23,26). The van der Waals surface area contributed by atoms with E-state index in [1.54, 1.807) is 6.07 Å². The van der Waals surface area contributed by atoms with E-state index in [9.17, 15) is 9.59 Å². The normalized spacial score (nSPS) is 14.2. The Kier molecular flexibility index (Phi) is 7.12. The van der Waals surface area contributed by atoms with Gasteiger partial charge in [-0.05, 0) is 43.3 Å². The van der Waals surface area contributed by atoms with Crippen molar-refractivity contribution in [2.75, 3.05) is 43.5 Å². The van der Waals surface area contributed by atoms with Crippen LogP contribution in [0.1, 0.15) is 21.5 Å². The Morgan fingerprint density at radius 3 is 2.61 bits per heavy atom. The summed E-state index contributed by atoms with van der Waals surface area (Å²) < 4.78 is 0. The maximum atomic E-state index is 12.6. The lowest BCUT2D eigenvalue weighted by Crippen LogP contribution is -2.37. The van der Waals surface area contributed by atoms with E-state index in [1.807, 2.05) is 58.9 Å². The van der Waals surface area contributed by atoms with Gasteiger partial charge in [0.25, 0.3) is 5.91 Å². The number of carbonyl (C=O) groups excluding carboxylic acids is 2. The molecule has 2 amide bonds. The lowest BCUT2D eigenvalue weighted by Gasteiger charge is -2.26. The van der Waals surface area contributed by atoms with Gasteiger partial charge in [-0.2, -0.15) is 11.8 Å². The maximum Gasteiger partial charge on any atom is 0.253 e. The third-order valence-corrected chi connectivity index (χ3v) is 5.75. The van der Waals surface area contributed by atoms with E-state index in [0.717, 1.165) is 24.6 Å². The summed E-state index contributed by atoms with van der Waals surface area (Å²) in [6.07, 6.45) is 0. The molecule has 1 saturated heterocycles. The van der Waals surface area contributed by atoms with Gasteiger partial charge in [-0.1, -0.05) is 30.3 Å². The molecule has 6 heteroatoms. The number of likely N-dealkylation sites (N-methyl/N-ethyl adjacent to an activating group) is 1. The maximum absolute atomic E-state index is 12.6. The van der Waals surface area contributed by atoms with Crippen LogP contribution in [0, 0.1) is 6.92 Å². The molecule has 0 aromatic heterocycles. The van der Waals surface area contributed by atoms with Crippen molar-refractivity contribution in [1.29, 1.82) is 0 Å². The van der Waals surface area contributed by atoms with E-state index in [-0.39, 0.29) is 18.4 Å². The van der Waals surface area contributed by atoms with Crippen LogP contribution in [0.4, 0.5) is 5.69 Å². The number of nitrogens with one attached hydrogen (secondary N) is 1. The zero-order chi connectivity index (χ0) is 19.9. The summed E-state index contributed by atoms with van der Waals surface area (Å²) in [5.74, 6) is 1.91. The molecule has 0 radical (unpaired) electrons. The number of anilines is 1. The van der Waals surface area contributed by atoms with Gasteiger partial charge < -0.3 is 10.2 Å². The molecule has 1 aliphatic heterocycles. The molecular weight excluding hydrogens is 370 g/mol. The zero-order valence-electron chi connectivity index (χ0n) is 16.5. The van der Waals surface area contributed by atoms with Gasteiger partial charge in [-0.3, -0.25) is 14.5 Å². The molecule has 0 atom stereocenters. The summed E-state index contributed by atoms with van der Waals surface area (Å²) in [6.45, 7) is 4.64. The van der Waals surface area contributed by atoms with Crippen LogP contribution in [0.25, 0.3) is 0 Å². The molecule has 1 N–H and O–H groups in total. The Balaban J connectivity index is 1.56. The van der Waals surface area contributed by atoms with E-state index < -0.39 is 0 Å². The fraction of sp³-hybridized carbons (Fsp3) is 0.364. The predicted octanol–water partition coefficient (Wildman–Crippen LogP) is 3.25. The second-order valence-electron chi connectivity index (χ2n) is 7.13. The Bertz CT molecular complexity index is 834. The number of nitrogens with zero attached hydrogens (tertiary/aromatic N) is 2. The van der Waals surface area contributed by atoms with E-state index >= 15 is 0 Å². The highest BCUT2D eigenvalue weighted by atomic mass is 32.2. The number of aryl methyl sites for hydroxylation is 1. The molecule has 0 saturated carbocycles. The summed E-state index contributed by atoms with van der Waals surface area (Å²) in [7, 11) is 1.93. The molecule has 0 spiro atoms. The van der Waals surface area contributed by atoms with E-state index in [4.69, 9.17) is 0 Å². The van der Waals surface area contributed by atoms with Crippen LogP contribution in [0.2, 0.25) is 0 Å². The van der Waals surface area contributed by atoms with Crippen LogP contribution < -0.4 is 5.32 Å². The minimum Gasteiger partial charge on any atom is -0.337 e. The molecule has 1 fully saturated rings. The van der Waals surface area contributed by atoms with E-state index in [2.05, 4.69) is 24.4 Å². The first-order chi connectivity index (χ1) is 13.5. The van der Waals surface area contributed by atoms with Crippen molar-refractivity contribution in [2.24, 2.45) is 0 Å². The summed E-state index contributed by atoms with van der Waals surface area (Å²) in [5, 5.41) is 2.92. The summed E-state index contributed by atoms with van der Waals surface area (Å²) in [6, 6.07) is 15.4. The SMILES string of the molecule is Cc1ccccc1CN(C)CC(=O)Nc1cccc(C(=O)N2CCSCC2)c1. The first kappa shape index (κ1) is 20.4.